The van der Waals surface area contributed by atoms with Crippen molar-refractivity contribution in [2.24, 2.45) is 11.1 Å². The maximum absolute atomic E-state index is 12.8. The summed E-state index contributed by atoms with van der Waals surface area (Å²) in [5.74, 6) is 0.0387. The van der Waals surface area contributed by atoms with Crippen molar-refractivity contribution in [2.75, 3.05) is 36.5 Å². The van der Waals surface area contributed by atoms with E-state index in [9.17, 15) is 9.59 Å². The Hall–Kier alpha value is -2.70. The van der Waals surface area contributed by atoms with Gasteiger partial charge in [0.25, 0.3) is 0 Å². The van der Waals surface area contributed by atoms with Gasteiger partial charge in [0, 0.05) is 37.7 Å². The summed E-state index contributed by atoms with van der Waals surface area (Å²) in [4.78, 5) is 27.4. The van der Waals surface area contributed by atoms with Crippen molar-refractivity contribution in [2.45, 2.75) is 25.7 Å². The molecule has 0 aromatic heterocycles. The van der Waals surface area contributed by atoms with E-state index in [2.05, 4.69) is 11.4 Å². The second kappa shape index (κ2) is 8.35. The quantitative estimate of drug-likeness (QED) is 0.818. The minimum Gasteiger partial charge on any atom is -0.381 e. The van der Waals surface area contributed by atoms with Crippen LogP contribution in [0.5, 0.6) is 0 Å². The van der Waals surface area contributed by atoms with Crippen LogP contribution in [0.1, 0.15) is 24.0 Å². The third kappa shape index (κ3) is 4.04. The highest BCUT2D eigenvalue weighted by molar-refractivity contribution is 5.97. The van der Waals surface area contributed by atoms with Crippen molar-refractivity contribution in [3.05, 3.63) is 59.7 Å². The van der Waals surface area contributed by atoms with Gasteiger partial charge in [-0.15, -0.1) is 0 Å². The summed E-state index contributed by atoms with van der Waals surface area (Å²) in [6.07, 6.45) is 2.52. The van der Waals surface area contributed by atoms with Gasteiger partial charge in [-0.1, -0.05) is 30.3 Å². The number of nitrogens with two attached hydrogens (primary N) is 1. The molecule has 0 saturated carbocycles. The lowest BCUT2D eigenvalue weighted by Crippen LogP contribution is -2.46. The van der Waals surface area contributed by atoms with Gasteiger partial charge in [0.2, 0.25) is 11.8 Å². The van der Waals surface area contributed by atoms with Gasteiger partial charge < -0.3 is 20.7 Å². The van der Waals surface area contributed by atoms with Crippen LogP contribution in [0.3, 0.4) is 0 Å². The summed E-state index contributed by atoms with van der Waals surface area (Å²) in [5, 5.41) is 2.98. The summed E-state index contributed by atoms with van der Waals surface area (Å²) in [6.45, 7) is 2.17. The molecular weight excluding hydrogens is 366 g/mol. The number of hydrogen-bond donors (Lipinski definition) is 2. The Balaban J connectivity index is 1.38. The number of nitrogens with zero attached hydrogens (tertiary/aromatic N) is 1. The molecule has 3 N–H and O–H groups in total. The molecule has 0 atom stereocenters. The Bertz CT molecular complexity index is 888. The topological polar surface area (TPSA) is 84.7 Å². The van der Waals surface area contributed by atoms with E-state index < -0.39 is 5.41 Å². The first-order valence-electron chi connectivity index (χ1n) is 10.2. The van der Waals surface area contributed by atoms with Crippen molar-refractivity contribution < 1.29 is 14.3 Å². The number of amides is 2. The molecule has 29 heavy (non-hydrogen) atoms. The molecule has 2 heterocycles. The fraction of sp³-hybridized carbons (Fsp3) is 0.391. The molecule has 0 bridgehead atoms. The number of ether oxygens (including phenoxy) is 1. The van der Waals surface area contributed by atoms with E-state index >= 15 is 0 Å². The molecule has 4 rings (SSSR count). The minimum absolute atomic E-state index is 0.0548. The summed E-state index contributed by atoms with van der Waals surface area (Å²) in [7, 11) is 0. The van der Waals surface area contributed by atoms with Crippen LogP contribution in [0.2, 0.25) is 0 Å². The van der Waals surface area contributed by atoms with Crippen LogP contribution >= 0.6 is 0 Å². The lowest BCUT2D eigenvalue weighted by molar-refractivity contribution is -0.130. The van der Waals surface area contributed by atoms with Gasteiger partial charge in [-0.3, -0.25) is 9.59 Å². The monoisotopic (exact) mass is 393 g/mol. The average molecular weight is 393 g/mol. The molecule has 2 aromatic rings. The lowest BCUT2D eigenvalue weighted by atomic mass is 9.79. The summed E-state index contributed by atoms with van der Waals surface area (Å²) >= 11 is 0. The molecular formula is C23H27N3O3. The number of fused-ring (bicyclic) bond motifs is 1. The third-order valence-electron chi connectivity index (χ3n) is 6.08. The van der Waals surface area contributed by atoms with Gasteiger partial charge in [0.15, 0.2) is 0 Å². The summed E-state index contributed by atoms with van der Waals surface area (Å²) < 4.78 is 5.37. The predicted molar refractivity (Wildman–Crippen MR) is 113 cm³/mol. The van der Waals surface area contributed by atoms with Crippen LogP contribution in [0.25, 0.3) is 0 Å². The zero-order valence-electron chi connectivity index (χ0n) is 16.5. The second-order valence-electron chi connectivity index (χ2n) is 7.85. The zero-order valence-corrected chi connectivity index (χ0v) is 16.5. The first-order chi connectivity index (χ1) is 14.1. The number of hydrogen-bond acceptors (Lipinski definition) is 4. The van der Waals surface area contributed by atoms with E-state index in [1.807, 2.05) is 47.4 Å². The number of para-hydroxylation sites is 1. The minimum atomic E-state index is -0.559. The van der Waals surface area contributed by atoms with E-state index in [-0.39, 0.29) is 11.8 Å². The van der Waals surface area contributed by atoms with Gasteiger partial charge in [0.1, 0.15) is 0 Å². The largest absolute Gasteiger partial charge is 0.381 e. The second-order valence-corrected chi connectivity index (χ2v) is 7.85. The SMILES string of the molecule is NCC1(C(=O)Nc2ccc(CC(=O)N3CCc4ccccc43)cc2)CCOCC1. The molecule has 6 heteroatoms. The van der Waals surface area contributed by atoms with Crippen LogP contribution in [-0.2, 0) is 27.2 Å². The van der Waals surface area contributed by atoms with Gasteiger partial charge in [0.05, 0.1) is 11.8 Å². The zero-order chi connectivity index (χ0) is 20.3. The van der Waals surface area contributed by atoms with Crippen molar-refractivity contribution in [1.29, 1.82) is 0 Å². The van der Waals surface area contributed by atoms with Crippen LogP contribution in [-0.4, -0.2) is 38.1 Å². The Kier molecular flexibility index (Phi) is 5.65. The van der Waals surface area contributed by atoms with E-state index in [4.69, 9.17) is 10.5 Å². The molecule has 2 amide bonds. The van der Waals surface area contributed by atoms with Gasteiger partial charge in [-0.05, 0) is 48.6 Å². The Labute approximate surface area is 171 Å². The standard InChI is InChI=1S/C23H27N3O3/c24-16-23(10-13-29-14-11-23)22(28)25-19-7-5-17(6-8-19)15-21(27)26-12-9-18-3-1-2-4-20(18)26/h1-8H,9-16,24H2,(H,25,28). The third-order valence-corrected chi connectivity index (χ3v) is 6.08. The number of anilines is 2. The van der Waals surface area contributed by atoms with E-state index in [1.165, 1.54) is 5.56 Å². The Morgan fingerprint density at radius 1 is 1.07 bits per heavy atom. The molecule has 1 fully saturated rings. The van der Waals surface area contributed by atoms with E-state index in [1.54, 1.807) is 0 Å². The number of rotatable bonds is 5. The molecule has 0 spiro atoms. The number of nitrogens with one attached hydrogen (secondary N) is 1. The molecule has 6 nitrogen and oxygen atoms in total. The molecule has 0 unspecified atom stereocenters. The maximum Gasteiger partial charge on any atom is 0.232 e. The number of carbonyl (C=O) groups is 2. The van der Waals surface area contributed by atoms with Gasteiger partial charge in [-0.25, -0.2) is 0 Å². The highest BCUT2D eigenvalue weighted by Crippen LogP contribution is 2.31. The molecule has 2 aliphatic rings. The fourth-order valence-corrected chi connectivity index (χ4v) is 4.12. The summed E-state index contributed by atoms with van der Waals surface area (Å²) in [5.41, 5.74) is 9.24. The average Bonchev–Trinajstić information content (AvgIpc) is 3.20. The van der Waals surface area contributed by atoms with E-state index in [0.717, 1.165) is 29.9 Å². The maximum atomic E-state index is 12.8. The molecule has 2 aliphatic heterocycles. The van der Waals surface area contributed by atoms with Crippen LogP contribution < -0.4 is 16.0 Å². The van der Waals surface area contributed by atoms with Crippen molar-refractivity contribution in [3.8, 4) is 0 Å². The van der Waals surface area contributed by atoms with Gasteiger partial charge in [-0.2, -0.15) is 0 Å². The smallest absolute Gasteiger partial charge is 0.232 e. The van der Waals surface area contributed by atoms with Crippen LogP contribution in [0.4, 0.5) is 11.4 Å². The predicted octanol–water partition coefficient (Wildman–Crippen LogP) is 2.51. The Morgan fingerprint density at radius 3 is 2.52 bits per heavy atom. The van der Waals surface area contributed by atoms with Crippen molar-refractivity contribution in [1.82, 2.24) is 0 Å². The molecule has 152 valence electrons. The molecule has 2 aromatic carbocycles. The molecule has 0 aliphatic carbocycles. The lowest BCUT2D eigenvalue weighted by Gasteiger charge is -2.34. The van der Waals surface area contributed by atoms with Gasteiger partial charge >= 0.3 is 0 Å². The number of carbonyl (C=O) groups excluding carboxylic acids is 2. The molecule has 0 radical (unpaired) electrons. The van der Waals surface area contributed by atoms with Crippen LogP contribution in [0.15, 0.2) is 48.5 Å². The first kappa shape index (κ1) is 19.6. The van der Waals surface area contributed by atoms with Crippen molar-refractivity contribution >= 4 is 23.2 Å². The fourth-order valence-electron chi connectivity index (χ4n) is 4.12. The van der Waals surface area contributed by atoms with E-state index in [0.29, 0.717) is 39.0 Å². The van der Waals surface area contributed by atoms with Crippen LogP contribution in [0, 0.1) is 5.41 Å². The highest BCUT2D eigenvalue weighted by Gasteiger charge is 2.38. The molecule has 1 saturated heterocycles. The normalized spacial score (nSPS) is 17.6. The van der Waals surface area contributed by atoms with Crippen molar-refractivity contribution in [3.63, 3.8) is 0 Å². The first-order valence-corrected chi connectivity index (χ1v) is 10.2. The Morgan fingerprint density at radius 2 is 1.79 bits per heavy atom. The summed E-state index contributed by atoms with van der Waals surface area (Å²) in [6, 6.07) is 15.5. The highest BCUT2D eigenvalue weighted by atomic mass is 16.5. The number of benzene rings is 2.